The molecule has 1 aliphatic carbocycles. The molecule has 1 aromatic carbocycles. The Hall–Kier alpha value is -2.66. The van der Waals surface area contributed by atoms with Gasteiger partial charge in [-0.2, -0.15) is 18.3 Å². The number of nitrogens with zero attached hydrogens (tertiary/aromatic N) is 4. The molecule has 34 heavy (non-hydrogen) atoms. The topological polar surface area (TPSA) is 82.5 Å². The maximum Gasteiger partial charge on any atom is 0.396 e. The zero-order chi connectivity index (χ0) is 23.7. The molecule has 3 amide bonds. The Morgan fingerprint density at radius 2 is 1.91 bits per heavy atom. The smallest absolute Gasteiger partial charge is 0.315 e. The molecule has 3 aliphatic heterocycles. The number of imide groups is 1. The minimum absolute atomic E-state index is 0.0395. The number of halogens is 3. The van der Waals surface area contributed by atoms with Crippen molar-refractivity contribution >= 4 is 28.5 Å². The number of benzene rings is 1. The number of alkyl halides is 3. The van der Waals surface area contributed by atoms with E-state index < -0.39 is 23.0 Å². The Balaban J connectivity index is 1.16. The quantitative estimate of drug-likeness (QED) is 0.709. The number of nitrogens with one attached hydrogen (secondary N) is 2. The summed E-state index contributed by atoms with van der Waals surface area (Å²) in [6.45, 7) is 2.75. The van der Waals surface area contributed by atoms with Crippen LogP contribution in [-0.2, 0) is 4.79 Å². The lowest BCUT2D eigenvalue weighted by Crippen LogP contribution is -2.49. The molecule has 1 saturated carbocycles. The number of anilines is 1. The van der Waals surface area contributed by atoms with Gasteiger partial charge in [0.2, 0.25) is 5.91 Å². The van der Waals surface area contributed by atoms with Crippen LogP contribution in [0.3, 0.4) is 0 Å². The van der Waals surface area contributed by atoms with Gasteiger partial charge in [-0.3, -0.25) is 19.7 Å². The number of rotatable bonds is 4. The highest BCUT2D eigenvalue weighted by Crippen LogP contribution is 2.73. The van der Waals surface area contributed by atoms with Crippen LogP contribution in [0.4, 0.5) is 23.7 Å². The summed E-state index contributed by atoms with van der Waals surface area (Å²) in [5.74, 6) is -0.275. The Morgan fingerprint density at radius 3 is 2.62 bits per heavy atom. The zero-order valence-corrected chi connectivity index (χ0v) is 18.7. The van der Waals surface area contributed by atoms with Crippen molar-refractivity contribution in [3.63, 3.8) is 0 Å². The van der Waals surface area contributed by atoms with Crippen molar-refractivity contribution in [3.8, 4) is 0 Å². The predicted molar refractivity (Wildman–Crippen MR) is 118 cm³/mol. The standard InChI is InChI=1S/C23H27F3N6O2/c24-23(25,26)22-11-21(22,12-27-13-22)14-30-7-4-15(5-8-30)32-18-3-1-2-17(16(18)10-28-32)31-9-6-19(33)29-20(31)34/h1-3,10,15,27H,4-9,11-14H2,(H,29,33,34)/t21-,22-/m0/s1. The molecule has 4 fully saturated rings. The fourth-order valence-corrected chi connectivity index (χ4v) is 6.42. The molecule has 6 rings (SSSR count). The van der Waals surface area contributed by atoms with Crippen molar-refractivity contribution in [1.29, 1.82) is 0 Å². The van der Waals surface area contributed by atoms with Crippen molar-refractivity contribution in [3.05, 3.63) is 24.4 Å². The predicted octanol–water partition coefficient (Wildman–Crippen LogP) is 2.66. The largest absolute Gasteiger partial charge is 0.396 e. The van der Waals surface area contributed by atoms with Crippen LogP contribution in [0.1, 0.15) is 31.7 Å². The van der Waals surface area contributed by atoms with Crippen molar-refractivity contribution in [2.45, 2.75) is 37.9 Å². The van der Waals surface area contributed by atoms with Crippen LogP contribution in [0, 0.1) is 10.8 Å². The number of likely N-dealkylation sites (tertiary alicyclic amines) is 1. The van der Waals surface area contributed by atoms with E-state index in [4.69, 9.17) is 0 Å². The zero-order valence-electron chi connectivity index (χ0n) is 18.7. The summed E-state index contributed by atoms with van der Waals surface area (Å²) in [7, 11) is 0. The van der Waals surface area contributed by atoms with Crippen LogP contribution in [0.25, 0.3) is 10.9 Å². The molecule has 8 nitrogen and oxygen atoms in total. The first-order valence-electron chi connectivity index (χ1n) is 11.8. The summed E-state index contributed by atoms with van der Waals surface area (Å²) < 4.78 is 43.0. The van der Waals surface area contributed by atoms with E-state index in [9.17, 15) is 22.8 Å². The fourth-order valence-electron chi connectivity index (χ4n) is 6.42. The van der Waals surface area contributed by atoms with E-state index in [0.29, 0.717) is 19.6 Å². The third kappa shape index (κ3) is 3.16. The maximum absolute atomic E-state index is 13.7. The normalized spacial score (nSPS) is 30.6. The fraction of sp³-hybridized carbons (Fsp3) is 0.609. The number of carbonyl (C=O) groups is 2. The van der Waals surface area contributed by atoms with Gasteiger partial charge in [0.1, 0.15) is 0 Å². The van der Waals surface area contributed by atoms with Crippen molar-refractivity contribution < 1.29 is 22.8 Å². The molecule has 11 heteroatoms. The van der Waals surface area contributed by atoms with Gasteiger partial charge in [0, 0.05) is 56.5 Å². The minimum Gasteiger partial charge on any atom is -0.315 e. The van der Waals surface area contributed by atoms with E-state index in [2.05, 4.69) is 20.6 Å². The summed E-state index contributed by atoms with van der Waals surface area (Å²) in [6.07, 6.45) is -0.296. The molecular formula is C23H27F3N6O2. The van der Waals surface area contributed by atoms with Gasteiger partial charge in [-0.15, -0.1) is 0 Å². The number of amides is 3. The minimum atomic E-state index is -4.15. The molecule has 4 aliphatic rings. The van der Waals surface area contributed by atoms with E-state index in [1.54, 1.807) is 11.1 Å². The number of fused-ring (bicyclic) bond motifs is 2. The second-order valence-corrected chi connectivity index (χ2v) is 10.2. The molecule has 1 aromatic heterocycles. The average molecular weight is 477 g/mol. The highest BCUT2D eigenvalue weighted by molar-refractivity contribution is 6.09. The Kier molecular flexibility index (Phi) is 4.77. The average Bonchev–Trinajstić information content (AvgIpc) is 3.08. The Labute approximate surface area is 194 Å². The number of hydrogen-bond donors (Lipinski definition) is 2. The number of piperidine rings is 2. The molecule has 2 aromatic rings. The SMILES string of the molecule is O=C1CCN(c2cccc3c2cnn3C2CCN(C[C@]34CNC[C@@]3(C(F)(F)F)C4)CC2)C(=O)N1. The van der Waals surface area contributed by atoms with Gasteiger partial charge in [0.15, 0.2) is 0 Å². The number of aromatic nitrogens is 2. The number of carbonyl (C=O) groups excluding carboxylic acids is 2. The van der Waals surface area contributed by atoms with Gasteiger partial charge in [-0.1, -0.05) is 6.07 Å². The molecular weight excluding hydrogens is 449 g/mol. The van der Waals surface area contributed by atoms with Gasteiger partial charge in [-0.25, -0.2) is 4.79 Å². The van der Waals surface area contributed by atoms with E-state index in [1.165, 1.54) is 0 Å². The third-order valence-electron chi connectivity index (χ3n) is 8.36. The number of urea groups is 1. The van der Waals surface area contributed by atoms with E-state index in [0.717, 1.165) is 42.5 Å². The first-order valence-corrected chi connectivity index (χ1v) is 11.8. The Bertz CT molecular complexity index is 1160. The summed E-state index contributed by atoms with van der Waals surface area (Å²) in [5, 5.41) is 10.8. The van der Waals surface area contributed by atoms with Crippen LogP contribution >= 0.6 is 0 Å². The molecule has 0 bridgehead atoms. The molecule has 3 saturated heterocycles. The van der Waals surface area contributed by atoms with Gasteiger partial charge in [0.25, 0.3) is 0 Å². The van der Waals surface area contributed by atoms with Crippen molar-refractivity contribution in [2.24, 2.45) is 10.8 Å². The number of hydrogen-bond acceptors (Lipinski definition) is 5. The van der Waals surface area contributed by atoms with Gasteiger partial charge in [0.05, 0.1) is 28.9 Å². The van der Waals surface area contributed by atoms with Crippen LogP contribution in [0.2, 0.25) is 0 Å². The summed E-state index contributed by atoms with van der Waals surface area (Å²) in [5.41, 5.74) is -0.591. The van der Waals surface area contributed by atoms with Gasteiger partial charge >= 0.3 is 12.2 Å². The van der Waals surface area contributed by atoms with Crippen LogP contribution in [-0.4, -0.2) is 72.1 Å². The lowest BCUT2D eigenvalue weighted by atomic mass is 9.93. The van der Waals surface area contributed by atoms with E-state index in [1.807, 2.05) is 22.9 Å². The molecule has 2 N–H and O–H groups in total. The first-order chi connectivity index (χ1) is 16.2. The van der Waals surface area contributed by atoms with Crippen LogP contribution < -0.4 is 15.5 Å². The molecule has 2 atom stereocenters. The highest BCUT2D eigenvalue weighted by atomic mass is 19.4. The molecule has 0 spiro atoms. The van der Waals surface area contributed by atoms with Crippen LogP contribution in [0.15, 0.2) is 24.4 Å². The van der Waals surface area contributed by atoms with Crippen LogP contribution in [0.5, 0.6) is 0 Å². The van der Waals surface area contributed by atoms with E-state index in [-0.39, 0.29) is 31.3 Å². The molecule has 0 unspecified atom stereocenters. The maximum atomic E-state index is 13.7. The second-order valence-electron chi connectivity index (χ2n) is 10.2. The lowest BCUT2D eigenvalue weighted by molar-refractivity contribution is -0.191. The molecule has 182 valence electrons. The molecule has 0 radical (unpaired) electrons. The van der Waals surface area contributed by atoms with E-state index >= 15 is 0 Å². The summed E-state index contributed by atoms with van der Waals surface area (Å²) >= 11 is 0. The lowest BCUT2D eigenvalue weighted by Gasteiger charge is -2.35. The summed E-state index contributed by atoms with van der Waals surface area (Å²) in [6, 6.07) is 5.41. The molecule has 4 heterocycles. The monoisotopic (exact) mass is 476 g/mol. The first kappa shape index (κ1) is 21.8. The van der Waals surface area contributed by atoms with Crippen molar-refractivity contribution in [1.82, 2.24) is 25.3 Å². The van der Waals surface area contributed by atoms with Crippen molar-refractivity contribution in [2.75, 3.05) is 44.2 Å². The highest BCUT2D eigenvalue weighted by Gasteiger charge is 2.81. The Morgan fingerprint density at radius 1 is 1.12 bits per heavy atom. The van der Waals surface area contributed by atoms with Gasteiger partial charge in [-0.05, 0) is 31.4 Å². The van der Waals surface area contributed by atoms with Gasteiger partial charge < -0.3 is 10.2 Å². The third-order valence-corrected chi connectivity index (χ3v) is 8.36. The summed E-state index contributed by atoms with van der Waals surface area (Å²) in [4.78, 5) is 27.6. The second kappa shape index (κ2) is 7.42.